The van der Waals surface area contributed by atoms with Crippen LogP contribution in [0.3, 0.4) is 0 Å². The fourth-order valence-corrected chi connectivity index (χ4v) is 2.09. The largest absolute Gasteiger partial charge is 0.444 e. The Morgan fingerprint density at radius 3 is 2.35 bits per heavy atom. The molecule has 1 rings (SSSR count). The van der Waals surface area contributed by atoms with E-state index >= 15 is 0 Å². The van der Waals surface area contributed by atoms with Crippen molar-refractivity contribution in [3.63, 3.8) is 0 Å². The summed E-state index contributed by atoms with van der Waals surface area (Å²) in [5.41, 5.74) is 0.503. The fourth-order valence-electron chi connectivity index (χ4n) is 2.09. The van der Waals surface area contributed by atoms with Gasteiger partial charge >= 0.3 is 6.09 Å². The van der Waals surface area contributed by atoms with E-state index in [1.165, 1.54) is 6.07 Å². The van der Waals surface area contributed by atoms with Gasteiger partial charge in [-0.15, -0.1) is 0 Å². The molecule has 0 aliphatic rings. The third-order valence-corrected chi connectivity index (χ3v) is 3.20. The van der Waals surface area contributed by atoms with E-state index in [2.05, 4.69) is 5.32 Å². The summed E-state index contributed by atoms with van der Waals surface area (Å²) in [5.74, 6) is -0.296. The summed E-state index contributed by atoms with van der Waals surface area (Å²) >= 11 is 0. The number of rotatable bonds is 4. The Morgan fingerprint density at radius 1 is 1.22 bits per heavy atom. The molecule has 0 heterocycles. The monoisotopic (exact) mass is 324 g/mol. The molecular formula is C18H29FN2O2. The summed E-state index contributed by atoms with van der Waals surface area (Å²) in [6, 6.07) is 4.92. The molecule has 0 bridgehead atoms. The van der Waals surface area contributed by atoms with Crippen molar-refractivity contribution in [1.82, 2.24) is 4.90 Å². The first-order chi connectivity index (χ1) is 10.4. The number of aryl methyl sites for hydroxylation is 1. The van der Waals surface area contributed by atoms with Crippen LogP contribution < -0.4 is 5.32 Å². The van der Waals surface area contributed by atoms with Gasteiger partial charge in [-0.25, -0.2) is 9.18 Å². The van der Waals surface area contributed by atoms with Gasteiger partial charge in [0.25, 0.3) is 0 Å². The lowest BCUT2D eigenvalue weighted by Crippen LogP contribution is -2.49. The summed E-state index contributed by atoms with van der Waals surface area (Å²) in [6.07, 6.45) is -0.364. The van der Waals surface area contributed by atoms with Crippen LogP contribution in [0.15, 0.2) is 18.2 Å². The number of hydrogen-bond donors (Lipinski definition) is 1. The van der Waals surface area contributed by atoms with Crippen molar-refractivity contribution in [2.75, 3.05) is 18.4 Å². The first kappa shape index (κ1) is 19.3. The van der Waals surface area contributed by atoms with Crippen molar-refractivity contribution in [3.05, 3.63) is 29.6 Å². The second-order valence-corrected chi connectivity index (χ2v) is 7.71. The molecule has 0 atom stereocenters. The van der Waals surface area contributed by atoms with Crippen LogP contribution in [0, 0.1) is 12.7 Å². The van der Waals surface area contributed by atoms with E-state index in [-0.39, 0.29) is 17.4 Å². The minimum Gasteiger partial charge on any atom is -0.444 e. The van der Waals surface area contributed by atoms with E-state index in [1.54, 1.807) is 17.0 Å². The maximum atomic E-state index is 13.7. The topological polar surface area (TPSA) is 41.6 Å². The van der Waals surface area contributed by atoms with Gasteiger partial charge in [-0.05, 0) is 66.2 Å². The average molecular weight is 324 g/mol. The quantitative estimate of drug-likeness (QED) is 0.881. The van der Waals surface area contributed by atoms with Crippen molar-refractivity contribution in [3.8, 4) is 0 Å². The van der Waals surface area contributed by atoms with Gasteiger partial charge in [0.15, 0.2) is 0 Å². The molecule has 0 radical (unpaired) electrons. The number of nitrogens with one attached hydrogen (secondary N) is 1. The third kappa shape index (κ3) is 6.47. The predicted octanol–water partition coefficient (Wildman–Crippen LogP) is 4.58. The van der Waals surface area contributed by atoms with Gasteiger partial charge in [-0.1, -0.05) is 6.07 Å². The van der Waals surface area contributed by atoms with Crippen molar-refractivity contribution in [1.29, 1.82) is 0 Å². The Labute approximate surface area is 139 Å². The van der Waals surface area contributed by atoms with Crippen LogP contribution in [0.2, 0.25) is 0 Å². The average Bonchev–Trinajstić information content (AvgIpc) is 2.34. The van der Waals surface area contributed by atoms with Crippen molar-refractivity contribution < 1.29 is 13.9 Å². The highest BCUT2D eigenvalue weighted by molar-refractivity contribution is 5.69. The van der Waals surface area contributed by atoms with E-state index in [9.17, 15) is 9.18 Å². The standard InChI is InChI=1S/C18H29FN2O2/c1-13-8-9-14(19)15(12-13)20-10-11-21(17(2,3)4)16(22)23-18(5,6)7/h8-9,12,20H,10-11H2,1-7H3. The second kappa shape index (κ2) is 7.20. The van der Waals surface area contributed by atoms with Gasteiger partial charge in [-0.2, -0.15) is 0 Å². The normalized spacial score (nSPS) is 12.0. The molecule has 1 amide bonds. The molecule has 0 saturated carbocycles. The van der Waals surface area contributed by atoms with Gasteiger partial charge in [0.05, 0.1) is 5.69 Å². The lowest BCUT2D eigenvalue weighted by molar-refractivity contribution is 0.00749. The van der Waals surface area contributed by atoms with Crippen LogP contribution in [0.5, 0.6) is 0 Å². The lowest BCUT2D eigenvalue weighted by atomic mass is 10.1. The van der Waals surface area contributed by atoms with Crippen LogP contribution >= 0.6 is 0 Å². The molecule has 4 nitrogen and oxygen atoms in total. The molecule has 130 valence electrons. The van der Waals surface area contributed by atoms with Crippen molar-refractivity contribution >= 4 is 11.8 Å². The van der Waals surface area contributed by atoms with E-state index in [4.69, 9.17) is 4.74 Å². The van der Waals surface area contributed by atoms with Crippen molar-refractivity contribution in [2.24, 2.45) is 0 Å². The number of carbonyl (C=O) groups excluding carboxylic acids is 1. The summed E-state index contributed by atoms with van der Waals surface area (Å²) in [6.45, 7) is 14.1. The minimum absolute atomic E-state index is 0.296. The highest BCUT2D eigenvalue weighted by atomic mass is 19.1. The summed E-state index contributed by atoms with van der Waals surface area (Å²) < 4.78 is 19.2. The Morgan fingerprint density at radius 2 is 1.83 bits per heavy atom. The zero-order valence-electron chi connectivity index (χ0n) is 15.3. The molecule has 1 aromatic rings. The number of ether oxygens (including phenoxy) is 1. The molecule has 0 fully saturated rings. The maximum Gasteiger partial charge on any atom is 0.410 e. The smallest absolute Gasteiger partial charge is 0.410 e. The van der Waals surface area contributed by atoms with Crippen LogP contribution in [-0.2, 0) is 4.74 Å². The first-order valence-corrected chi connectivity index (χ1v) is 7.91. The van der Waals surface area contributed by atoms with E-state index in [1.807, 2.05) is 48.5 Å². The molecule has 1 aromatic carbocycles. The first-order valence-electron chi connectivity index (χ1n) is 7.91. The number of hydrogen-bond acceptors (Lipinski definition) is 3. The molecule has 0 saturated heterocycles. The predicted molar refractivity (Wildman–Crippen MR) is 92.3 cm³/mol. The Balaban J connectivity index is 2.72. The third-order valence-electron chi connectivity index (χ3n) is 3.20. The highest BCUT2D eigenvalue weighted by Gasteiger charge is 2.30. The molecule has 1 N–H and O–H groups in total. The molecule has 0 aliphatic carbocycles. The van der Waals surface area contributed by atoms with Gasteiger partial charge in [0, 0.05) is 18.6 Å². The zero-order valence-corrected chi connectivity index (χ0v) is 15.3. The summed E-state index contributed by atoms with van der Waals surface area (Å²) in [4.78, 5) is 14.0. The number of anilines is 1. The van der Waals surface area contributed by atoms with Gasteiger partial charge in [-0.3, -0.25) is 0 Å². The second-order valence-electron chi connectivity index (χ2n) is 7.71. The van der Waals surface area contributed by atoms with Crippen LogP contribution in [0.1, 0.15) is 47.1 Å². The molecule has 5 heteroatoms. The van der Waals surface area contributed by atoms with Crippen LogP contribution in [0.25, 0.3) is 0 Å². The summed E-state index contributed by atoms with van der Waals surface area (Å²) in [5, 5.41) is 3.05. The van der Waals surface area contributed by atoms with Crippen LogP contribution in [-0.4, -0.2) is 35.2 Å². The Hall–Kier alpha value is -1.78. The van der Waals surface area contributed by atoms with Gasteiger partial charge < -0.3 is 15.0 Å². The number of carbonyl (C=O) groups is 1. The Kier molecular flexibility index (Phi) is 6.03. The van der Waals surface area contributed by atoms with Crippen molar-refractivity contribution in [2.45, 2.75) is 59.6 Å². The van der Waals surface area contributed by atoms with Gasteiger partial charge in [0.2, 0.25) is 0 Å². The number of nitrogens with zero attached hydrogens (tertiary/aromatic N) is 1. The number of benzene rings is 1. The van der Waals surface area contributed by atoms with E-state index in [0.717, 1.165) is 5.56 Å². The van der Waals surface area contributed by atoms with E-state index in [0.29, 0.717) is 18.8 Å². The molecular weight excluding hydrogens is 295 g/mol. The fraction of sp³-hybridized carbons (Fsp3) is 0.611. The van der Waals surface area contributed by atoms with Crippen LogP contribution in [0.4, 0.5) is 14.9 Å². The molecule has 0 unspecified atom stereocenters. The summed E-state index contributed by atoms with van der Waals surface area (Å²) in [7, 11) is 0. The lowest BCUT2D eigenvalue weighted by Gasteiger charge is -2.37. The van der Waals surface area contributed by atoms with E-state index < -0.39 is 5.60 Å². The SMILES string of the molecule is Cc1ccc(F)c(NCCN(C(=O)OC(C)(C)C)C(C)(C)C)c1. The maximum absolute atomic E-state index is 13.7. The molecule has 23 heavy (non-hydrogen) atoms. The number of halogens is 1. The minimum atomic E-state index is -0.545. The molecule has 0 spiro atoms. The molecule has 0 aliphatic heterocycles. The zero-order chi connectivity index (χ0) is 17.8. The molecule has 0 aromatic heterocycles. The van der Waals surface area contributed by atoms with Gasteiger partial charge in [0.1, 0.15) is 11.4 Å². The Bertz CT molecular complexity index is 545. The number of amides is 1. The highest BCUT2D eigenvalue weighted by Crippen LogP contribution is 2.19.